The standard InChI is InChI=1S/C11H17N3O3/c1-2-3-8-10(16)14(11(17)13-8)6-9(15)12-7-4-5-7/h7-8H,2-6H2,1H3,(H,12,15)(H,13,17)/t8-/m0/s1. The third-order valence-corrected chi connectivity index (χ3v) is 2.93. The van der Waals surface area contributed by atoms with Crippen molar-refractivity contribution < 1.29 is 14.4 Å². The van der Waals surface area contributed by atoms with Gasteiger partial charge >= 0.3 is 6.03 Å². The number of imide groups is 1. The van der Waals surface area contributed by atoms with Gasteiger partial charge < -0.3 is 10.6 Å². The van der Waals surface area contributed by atoms with Gasteiger partial charge in [0.15, 0.2) is 0 Å². The Kier molecular flexibility index (Phi) is 3.31. The zero-order valence-electron chi connectivity index (χ0n) is 9.86. The fourth-order valence-corrected chi connectivity index (χ4v) is 1.86. The van der Waals surface area contributed by atoms with E-state index in [0.717, 1.165) is 24.2 Å². The van der Waals surface area contributed by atoms with Crippen LogP contribution < -0.4 is 10.6 Å². The first-order valence-electron chi connectivity index (χ1n) is 6.03. The molecule has 0 aromatic heterocycles. The molecule has 94 valence electrons. The maximum atomic E-state index is 11.8. The second-order valence-electron chi connectivity index (χ2n) is 4.56. The Morgan fingerprint density at radius 3 is 2.76 bits per heavy atom. The van der Waals surface area contributed by atoms with Crippen molar-refractivity contribution in [1.29, 1.82) is 0 Å². The van der Waals surface area contributed by atoms with Gasteiger partial charge in [0.1, 0.15) is 12.6 Å². The Morgan fingerprint density at radius 1 is 1.47 bits per heavy atom. The molecule has 0 bridgehead atoms. The maximum absolute atomic E-state index is 11.8. The van der Waals surface area contributed by atoms with Crippen molar-refractivity contribution in [2.45, 2.75) is 44.7 Å². The van der Waals surface area contributed by atoms with Gasteiger partial charge in [0.25, 0.3) is 5.91 Å². The zero-order valence-corrected chi connectivity index (χ0v) is 9.86. The summed E-state index contributed by atoms with van der Waals surface area (Å²) in [6.45, 7) is 1.78. The summed E-state index contributed by atoms with van der Waals surface area (Å²) in [5.74, 6) is -0.545. The zero-order chi connectivity index (χ0) is 12.4. The molecule has 1 heterocycles. The summed E-state index contributed by atoms with van der Waals surface area (Å²) in [6.07, 6.45) is 3.42. The number of carbonyl (C=O) groups excluding carboxylic acids is 3. The number of urea groups is 1. The van der Waals surface area contributed by atoms with Gasteiger partial charge in [-0.1, -0.05) is 13.3 Å². The molecule has 1 saturated heterocycles. The summed E-state index contributed by atoms with van der Waals surface area (Å²) in [4.78, 5) is 35.8. The normalized spacial score (nSPS) is 23.8. The molecule has 2 aliphatic rings. The van der Waals surface area contributed by atoms with Crippen LogP contribution in [0.15, 0.2) is 0 Å². The molecule has 0 aromatic rings. The summed E-state index contributed by atoms with van der Waals surface area (Å²) in [5.41, 5.74) is 0. The van der Waals surface area contributed by atoms with Crippen molar-refractivity contribution in [3.05, 3.63) is 0 Å². The van der Waals surface area contributed by atoms with Crippen LogP contribution in [-0.4, -0.2) is 41.4 Å². The smallest absolute Gasteiger partial charge is 0.325 e. The highest BCUT2D eigenvalue weighted by molar-refractivity contribution is 6.06. The molecule has 17 heavy (non-hydrogen) atoms. The lowest BCUT2D eigenvalue weighted by molar-refractivity contribution is -0.132. The number of hydrogen-bond acceptors (Lipinski definition) is 3. The number of carbonyl (C=O) groups is 3. The van der Waals surface area contributed by atoms with E-state index in [-0.39, 0.29) is 24.4 Å². The highest BCUT2D eigenvalue weighted by atomic mass is 16.2. The second-order valence-corrected chi connectivity index (χ2v) is 4.56. The number of hydrogen-bond donors (Lipinski definition) is 2. The van der Waals surface area contributed by atoms with E-state index in [2.05, 4.69) is 10.6 Å². The number of nitrogens with zero attached hydrogens (tertiary/aromatic N) is 1. The monoisotopic (exact) mass is 239 g/mol. The van der Waals surface area contributed by atoms with Crippen LogP contribution in [0.25, 0.3) is 0 Å². The van der Waals surface area contributed by atoms with E-state index in [4.69, 9.17) is 0 Å². The van der Waals surface area contributed by atoms with Crippen molar-refractivity contribution in [2.24, 2.45) is 0 Å². The molecule has 6 heteroatoms. The van der Waals surface area contributed by atoms with Gasteiger partial charge in [0.2, 0.25) is 5.91 Å². The molecular formula is C11H17N3O3. The molecule has 4 amide bonds. The molecular weight excluding hydrogens is 222 g/mol. The van der Waals surface area contributed by atoms with E-state index in [1.807, 2.05) is 6.92 Å². The Hall–Kier alpha value is -1.59. The van der Waals surface area contributed by atoms with E-state index >= 15 is 0 Å². The van der Waals surface area contributed by atoms with Gasteiger partial charge in [-0.05, 0) is 19.3 Å². The molecule has 0 spiro atoms. The average molecular weight is 239 g/mol. The summed E-state index contributed by atoms with van der Waals surface area (Å²) in [6, 6.07) is -0.671. The highest BCUT2D eigenvalue weighted by Gasteiger charge is 2.38. The summed E-state index contributed by atoms with van der Waals surface area (Å²) < 4.78 is 0. The molecule has 0 aromatic carbocycles. The van der Waals surface area contributed by atoms with Crippen molar-refractivity contribution in [2.75, 3.05) is 6.54 Å². The molecule has 0 radical (unpaired) electrons. The lowest BCUT2D eigenvalue weighted by atomic mass is 10.2. The van der Waals surface area contributed by atoms with E-state index in [1.165, 1.54) is 0 Å². The van der Waals surface area contributed by atoms with E-state index in [9.17, 15) is 14.4 Å². The molecule has 1 saturated carbocycles. The minimum atomic E-state index is -0.459. The quantitative estimate of drug-likeness (QED) is 0.662. The third kappa shape index (κ3) is 2.75. The Labute approximate surface area is 99.7 Å². The summed E-state index contributed by atoms with van der Waals surface area (Å²) in [5, 5.41) is 5.34. The number of nitrogens with one attached hydrogen (secondary N) is 2. The minimum Gasteiger partial charge on any atom is -0.352 e. The van der Waals surface area contributed by atoms with Crippen LogP contribution in [0.4, 0.5) is 4.79 Å². The van der Waals surface area contributed by atoms with Crippen LogP contribution in [0.3, 0.4) is 0 Å². The molecule has 0 unspecified atom stereocenters. The van der Waals surface area contributed by atoms with Gasteiger partial charge in [0, 0.05) is 6.04 Å². The van der Waals surface area contributed by atoms with E-state index in [0.29, 0.717) is 6.42 Å². The van der Waals surface area contributed by atoms with Crippen molar-refractivity contribution in [3.63, 3.8) is 0 Å². The van der Waals surface area contributed by atoms with Crippen LogP contribution in [0.5, 0.6) is 0 Å². The Balaban J connectivity index is 1.88. The molecule has 2 N–H and O–H groups in total. The minimum absolute atomic E-state index is 0.165. The van der Waals surface area contributed by atoms with Gasteiger partial charge in [-0.2, -0.15) is 0 Å². The lowest BCUT2D eigenvalue weighted by Crippen LogP contribution is -2.41. The second kappa shape index (κ2) is 4.73. The van der Waals surface area contributed by atoms with Gasteiger partial charge in [-0.25, -0.2) is 4.79 Å². The van der Waals surface area contributed by atoms with E-state index in [1.54, 1.807) is 0 Å². The van der Waals surface area contributed by atoms with Crippen LogP contribution in [-0.2, 0) is 9.59 Å². The SMILES string of the molecule is CCC[C@@H]1NC(=O)N(CC(=O)NC2CC2)C1=O. The number of amides is 4. The first kappa shape index (κ1) is 11.9. The van der Waals surface area contributed by atoms with Crippen molar-refractivity contribution in [3.8, 4) is 0 Å². The predicted octanol–water partition coefficient (Wildman–Crippen LogP) is -0.0145. The molecule has 1 aliphatic carbocycles. The van der Waals surface area contributed by atoms with Crippen LogP contribution in [0.2, 0.25) is 0 Å². The Morgan fingerprint density at radius 2 is 2.18 bits per heavy atom. The summed E-state index contributed by atoms with van der Waals surface area (Å²) in [7, 11) is 0. The summed E-state index contributed by atoms with van der Waals surface area (Å²) >= 11 is 0. The van der Waals surface area contributed by atoms with Gasteiger partial charge in [0.05, 0.1) is 0 Å². The molecule has 6 nitrogen and oxygen atoms in total. The average Bonchev–Trinajstić information content (AvgIpc) is 3.03. The largest absolute Gasteiger partial charge is 0.352 e. The van der Waals surface area contributed by atoms with Crippen LogP contribution in [0.1, 0.15) is 32.6 Å². The van der Waals surface area contributed by atoms with Crippen LogP contribution >= 0.6 is 0 Å². The third-order valence-electron chi connectivity index (χ3n) is 2.93. The first-order chi connectivity index (χ1) is 8.11. The fraction of sp³-hybridized carbons (Fsp3) is 0.727. The molecule has 2 fully saturated rings. The van der Waals surface area contributed by atoms with Crippen molar-refractivity contribution in [1.82, 2.24) is 15.5 Å². The first-order valence-corrected chi connectivity index (χ1v) is 6.03. The van der Waals surface area contributed by atoms with Gasteiger partial charge in [-0.15, -0.1) is 0 Å². The number of rotatable bonds is 5. The Bertz CT molecular complexity index is 352. The fourth-order valence-electron chi connectivity index (χ4n) is 1.86. The van der Waals surface area contributed by atoms with Crippen molar-refractivity contribution >= 4 is 17.8 Å². The molecule has 1 aliphatic heterocycles. The van der Waals surface area contributed by atoms with Crippen LogP contribution in [0, 0.1) is 0 Å². The predicted molar refractivity (Wildman–Crippen MR) is 60.1 cm³/mol. The lowest BCUT2D eigenvalue weighted by Gasteiger charge is -2.12. The highest BCUT2D eigenvalue weighted by Crippen LogP contribution is 2.18. The van der Waals surface area contributed by atoms with E-state index < -0.39 is 12.1 Å². The molecule has 1 atom stereocenters. The molecule has 2 rings (SSSR count). The van der Waals surface area contributed by atoms with Gasteiger partial charge in [-0.3, -0.25) is 14.5 Å². The maximum Gasteiger partial charge on any atom is 0.325 e. The topological polar surface area (TPSA) is 78.5 Å².